The van der Waals surface area contributed by atoms with E-state index in [1.165, 1.54) is 64.5 Å². The smallest absolute Gasteiger partial charge is 0.0221 e. The van der Waals surface area contributed by atoms with Gasteiger partial charge in [0.05, 0.1) is 0 Å². The second-order valence-electron chi connectivity index (χ2n) is 7.87. The summed E-state index contributed by atoms with van der Waals surface area (Å²) in [5.41, 5.74) is 0. The first kappa shape index (κ1) is 17.3. The fourth-order valence-electron chi connectivity index (χ4n) is 4.76. The molecule has 2 nitrogen and oxygen atoms in total. The average Bonchev–Trinajstić information content (AvgIpc) is 2.49. The molecule has 3 atom stereocenters. The molecule has 1 heterocycles. The van der Waals surface area contributed by atoms with Crippen LogP contribution in [0.15, 0.2) is 0 Å². The fraction of sp³-hybridized carbons (Fsp3) is 1.00. The van der Waals surface area contributed by atoms with E-state index in [2.05, 4.69) is 37.9 Å². The van der Waals surface area contributed by atoms with Crippen LogP contribution < -0.4 is 5.32 Å². The standard InChI is InChI=1S/C19H38N2/c1-5-18-13-20-17(12-15(3)4)14-21(18)19(6-2)16-10-8-7-9-11-16/h15-20H,5-14H2,1-4H3. The number of nitrogens with one attached hydrogen (secondary N) is 1. The van der Waals surface area contributed by atoms with Gasteiger partial charge < -0.3 is 5.32 Å². The monoisotopic (exact) mass is 294 g/mol. The van der Waals surface area contributed by atoms with Crippen molar-refractivity contribution in [3.63, 3.8) is 0 Å². The molecule has 1 aliphatic heterocycles. The Kier molecular flexibility index (Phi) is 7.01. The van der Waals surface area contributed by atoms with E-state index in [0.717, 1.165) is 23.9 Å². The van der Waals surface area contributed by atoms with Crippen molar-refractivity contribution in [3.8, 4) is 0 Å². The highest BCUT2D eigenvalue weighted by Gasteiger charge is 2.35. The van der Waals surface area contributed by atoms with E-state index in [9.17, 15) is 0 Å². The molecule has 2 fully saturated rings. The van der Waals surface area contributed by atoms with Crippen molar-refractivity contribution >= 4 is 0 Å². The SMILES string of the molecule is CCC1CNC(CC(C)C)CN1C(CC)C1CCCCC1. The molecule has 0 spiro atoms. The summed E-state index contributed by atoms with van der Waals surface area (Å²) in [5, 5.41) is 3.82. The third-order valence-electron chi connectivity index (χ3n) is 5.81. The molecule has 1 aliphatic carbocycles. The van der Waals surface area contributed by atoms with Gasteiger partial charge in [0.25, 0.3) is 0 Å². The summed E-state index contributed by atoms with van der Waals surface area (Å²) in [7, 11) is 0. The van der Waals surface area contributed by atoms with Crippen LogP contribution in [0.25, 0.3) is 0 Å². The number of rotatable bonds is 6. The molecule has 0 radical (unpaired) electrons. The maximum atomic E-state index is 3.82. The molecule has 1 saturated carbocycles. The van der Waals surface area contributed by atoms with Crippen LogP contribution in [0.5, 0.6) is 0 Å². The van der Waals surface area contributed by atoms with E-state index < -0.39 is 0 Å². The van der Waals surface area contributed by atoms with Crippen LogP contribution in [0, 0.1) is 11.8 Å². The summed E-state index contributed by atoms with van der Waals surface area (Å²) < 4.78 is 0. The zero-order chi connectivity index (χ0) is 15.2. The third kappa shape index (κ3) is 4.69. The van der Waals surface area contributed by atoms with Crippen LogP contribution in [0.1, 0.15) is 79.1 Å². The van der Waals surface area contributed by atoms with Crippen molar-refractivity contribution in [3.05, 3.63) is 0 Å². The first-order valence-corrected chi connectivity index (χ1v) is 9.64. The Morgan fingerprint density at radius 2 is 1.81 bits per heavy atom. The van der Waals surface area contributed by atoms with Gasteiger partial charge in [0.2, 0.25) is 0 Å². The van der Waals surface area contributed by atoms with Gasteiger partial charge in [-0.2, -0.15) is 0 Å². The quantitative estimate of drug-likeness (QED) is 0.779. The lowest BCUT2D eigenvalue weighted by Crippen LogP contribution is -2.60. The van der Waals surface area contributed by atoms with Crippen LogP contribution >= 0.6 is 0 Å². The molecule has 21 heavy (non-hydrogen) atoms. The molecular formula is C19H38N2. The van der Waals surface area contributed by atoms with Crippen molar-refractivity contribution in [2.24, 2.45) is 11.8 Å². The Hall–Kier alpha value is -0.0800. The number of hydrogen-bond acceptors (Lipinski definition) is 2. The Labute approximate surface area is 133 Å². The second kappa shape index (κ2) is 8.53. The highest BCUT2D eigenvalue weighted by atomic mass is 15.3. The van der Waals surface area contributed by atoms with Gasteiger partial charge in [0.1, 0.15) is 0 Å². The Bertz CT molecular complexity index is 283. The van der Waals surface area contributed by atoms with Gasteiger partial charge in [-0.05, 0) is 43.9 Å². The van der Waals surface area contributed by atoms with Crippen molar-refractivity contribution in [1.29, 1.82) is 0 Å². The molecule has 1 N–H and O–H groups in total. The Morgan fingerprint density at radius 1 is 1.10 bits per heavy atom. The van der Waals surface area contributed by atoms with Crippen LogP contribution in [0.4, 0.5) is 0 Å². The van der Waals surface area contributed by atoms with Crippen molar-refractivity contribution < 1.29 is 0 Å². The largest absolute Gasteiger partial charge is 0.311 e. The lowest BCUT2D eigenvalue weighted by atomic mass is 9.81. The summed E-state index contributed by atoms with van der Waals surface area (Å²) in [5.74, 6) is 1.77. The molecular weight excluding hydrogens is 256 g/mol. The lowest BCUT2D eigenvalue weighted by molar-refractivity contribution is 0.0322. The third-order valence-corrected chi connectivity index (χ3v) is 5.81. The van der Waals surface area contributed by atoms with Gasteiger partial charge in [-0.1, -0.05) is 47.0 Å². The van der Waals surface area contributed by atoms with E-state index in [1.807, 2.05) is 0 Å². The molecule has 0 aromatic heterocycles. The summed E-state index contributed by atoms with van der Waals surface area (Å²) >= 11 is 0. The average molecular weight is 295 g/mol. The summed E-state index contributed by atoms with van der Waals surface area (Å²) in [6.07, 6.45) is 11.3. The zero-order valence-electron chi connectivity index (χ0n) is 14.9. The minimum absolute atomic E-state index is 0.713. The highest BCUT2D eigenvalue weighted by molar-refractivity contribution is 4.92. The van der Waals surface area contributed by atoms with E-state index in [-0.39, 0.29) is 0 Å². The molecule has 3 unspecified atom stereocenters. The first-order valence-electron chi connectivity index (χ1n) is 9.64. The lowest BCUT2D eigenvalue weighted by Gasteiger charge is -2.48. The van der Waals surface area contributed by atoms with Crippen molar-refractivity contribution in [2.45, 2.75) is 97.2 Å². The molecule has 0 aromatic rings. The summed E-state index contributed by atoms with van der Waals surface area (Å²) in [6.45, 7) is 12.0. The van der Waals surface area contributed by atoms with Crippen LogP contribution in [-0.4, -0.2) is 36.1 Å². The van der Waals surface area contributed by atoms with Gasteiger partial charge in [0.15, 0.2) is 0 Å². The molecule has 2 aliphatic rings. The number of nitrogens with zero attached hydrogens (tertiary/aromatic N) is 1. The molecule has 0 bridgehead atoms. The van der Waals surface area contributed by atoms with Gasteiger partial charge in [-0.15, -0.1) is 0 Å². The number of piperazine rings is 1. The van der Waals surface area contributed by atoms with E-state index in [1.54, 1.807) is 0 Å². The van der Waals surface area contributed by atoms with Crippen LogP contribution in [0.3, 0.4) is 0 Å². The van der Waals surface area contributed by atoms with Crippen molar-refractivity contribution in [2.75, 3.05) is 13.1 Å². The maximum Gasteiger partial charge on any atom is 0.0221 e. The number of hydrogen-bond donors (Lipinski definition) is 1. The van der Waals surface area contributed by atoms with Crippen LogP contribution in [-0.2, 0) is 0 Å². The molecule has 0 aromatic carbocycles. The van der Waals surface area contributed by atoms with E-state index >= 15 is 0 Å². The predicted octanol–water partition coefficient (Wildman–Crippen LogP) is 4.44. The summed E-state index contributed by atoms with van der Waals surface area (Å²) in [4.78, 5) is 2.92. The molecule has 1 saturated heterocycles. The predicted molar refractivity (Wildman–Crippen MR) is 92.7 cm³/mol. The fourth-order valence-corrected chi connectivity index (χ4v) is 4.76. The Morgan fingerprint density at radius 3 is 2.38 bits per heavy atom. The van der Waals surface area contributed by atoms with E-state index in [0.29, 0.717) is 6.04 Å². The van der Waals surface area contributed by atoms with Gasteiger partial charge >= 0.3 is 0 Å². The maximum absolute atomic E-state index is 3.82. The van der Waals surface area contributed by atoms with Gasteiger partial charge in [0, 0.05) is 31.2 Å². The normalized spacial score (nSPS) is 30.7. The molecule has 0 amide bonds. The minimum Gasteiger partial charge on any atom is -0.311 e. The van der Waals surface area contributed by atoms with Gasteiger partial charge in [-0.3, -0.25) is 4.90 Å². The van der Waals surface area contributed by atoms with Gasteiger partial charge in [-0.25, -0.2) is 0 Å². The van der Waals surface area contributed by atoms with Crippen LogP contribution in [0.2, 0.25) is 0 Å². The highest BCUT2D eigenvalue weighted by Crippen LogP contribution is 2.33. The Balaban J connectivity index is 2.02. The molecule has 124 valence electrons. The molecule has 2 heteroatoms. The van der Waals surface area contributed by atoms with E-state index in [4.69, 9.17) is 0 Å². The molecule has 2 rings (SSSR count). The second-order valence-corrected chi connectivity index (χ2v) is 7.87. The topological polar surface area (TPSA) is 15.3 Å². The zero-order valence-corrected chi connectivity index (χ0v) is 14.9. The minimum atomic E-state index is 0.713. The summed E-state index contributed by atoms with van der Waals surface area (Å²) in [6, 6.07) is 2.32. The van der Waals surface area contributed by atoms with Crippen molar-refractivity contribution in [1.82, 2.24) is 10.2 Å². The first-order chi connectivity index (χ1) is 10.2.